The van der Waals surface area contributed by atoms with Gasteiger partial charge in [0.05, 0.1) is 0 Å². The van der Waals surface area contributed by atoms with Crippen LogP contribution in [0.4, 0.5) is 17.6 Å². The lowest BCUT2D eigenvalue weighted by Crippen LogP contribution is -2.16. The van der Waals surface area contributed by atoms with Crippen molar-refractivity contribution in [1.29, 1.82) is 0 Å². The number of hydrogen-bond donors (Lipinski definition) is 0. The lowest BCUT2D eigenvalue weighted by molar-refractivity contribution is -0.139. The van der Waals surface area contributed by atoms with E-state index in [1.807, 2.05) is 0 Å². The number of rotatable bonds is 2. The summed E-state index contributed by atoms with van der Waals surface area (Å²) in [4.78, 5) is 11.3. The van der Waals surface area contributed by atoms with Crippen molar-refractivity contribution in [3.63, 3.8) is 0 Å². The maximum atomic E-state index is 13.1. The number of hydrogen-bond acceptors (Lipinski definition) is 1. The van der Waals surface area contributed by atoms with E-state index in [2.05, 4.69) is 0 Å². The van der Waals surface area contributed by atoms with Crippen molar-refractivity contribution in [2.75, 3.05) is 0 Å². The Kier molecular flexibility index (Phi) is 2.88. The molecule has 0 bridgehead atoms. The zero-order valence-electron chi connectivity index (χ0n) is 9.38. The fraction of sp³-hybridized carbons (Fsp3) is 0.250. The third kappa shape index (κ3) is 2.37. The minimum absolute atomic E-state index is 0.0914. The quantitative estimate of drug-likeness (QED) is 0.597. The van der Waals surface area contributed by atoms with Crippen LogP contribution in [-0.2, 0) is 6.54 Å². The molecule has 0 aliphatic carbocycles. The summed E-state index contributed by atoms with van der Waals surface area (Å²) in [7, 11) is 0. The van der Waals surface area contributed by atoms with E-state index in [9.17, 15) is 22.4 Å². The van der Waals surface area contributed by atoms with Crippen LogP contribution in [0.3, 0.4) is 0 Å². The molecule has 2 rings (SSSR count). The van der Waals surface area contributed by atoms with Crippen molar-refractivity contribution < 1.29 is 22.4 Å². The number of aromatic nitrogens is 1. The SMILES string of the molecule is CC(=O)c1cn(CC(F)(F)F)c2ccc(F)cc12. The molecule has 1 aromatic heterocycles. The molecule has 0 atom stereocenters. The van der Waals surface area contributed by atoms with Crippen molar-refractivity contribution >= 4 is 16.7 Å². The third-order valence-corrected chi connectivity index (χ3v) is 2.57. The fourth-order valence-corrected chi connectivity index (χ4v) is 1.87. The van der Waals surface area contributed by atoms with E-state index in [0.717, 1.165) is 22.9 Å². The van der Waals surface area contributed by atoms with Crippen LogP contribution in [-0.4, -0.2) is 16.5 Å². The van der Waals surface area contributed by atoms with Gasteiger partial charge < -0.3 is 4.57 Å². The molecule has 0 unspecified atom stereocenters. The average molecular weight is 259 g/mol. The normalized spacial score (nSPS) is 12.1. The van der Waals surface area contributed by atoms with E-state index >= 15 is 0 Å². The van der Waals surface area contributed by atoms with Gasteiger partial charge in [-0.15, -0.1) is 0 Å². The van der Waals surface area contributed by atoms with Gasteiger partial charge in [-0.2, -0.15) is 13.2 Å². The molecule has 0 aliphatic heterocycles. The fourth-order valence-electron chi connectivity index (χ4n) is 1.87. The molecular formula is C12H9F4NO. The summed E-state index contributed by atoms with van der Waals surface area (Å²) in [6.45, 7) is 0.0278. The van der Waals surface area contributed by atoms with Crippen LogP contribution >= 0.6 is 0 Å². The largest absolute Gasteiger partial charge is 0.406 e. The first kappa shape index (κ1) is 12.6. The molecule has 0 amide bonds. The Labute approximate surface area is 99.8 Å². The number of carbonyl (C=O) groups is 1. The molecule has 0 saturated heterocycles. The minimum Gasteiger partial charge on any atom is -0.338 e. The van der Waals surface area contributed by atoms with Gasteiger partial charge in [0.1, 0.15) is 12.4 Å². The molecule has 2 nitrogen and oxygen atoms in total. The van der Waals surface area contributed by atoms with E-state index in [0.29, 0.717) is 0 Å². The van der Waals surface area contributed by atoms with E-state index in [1.54, 1.807) is 0 Å². The Bertz CT molecular complexity index is 612. The second-order valence-electron chi connectivity index (χ2n) is 4.00. The van der Waals surface area contributed by atoms with Crippen molar-refractivity contribution in [3.8, 4) is 0 Å². The number of benzene rings is 1. The van der Waals surface area contributed by atoms with Gasteiger partial charge >= 0.3 is 6.18 Å². The van der Waals surface area contributed by atoms with E-state index in [4.69, 9.17) is 0 Å². The second kappa shape index (κ2) is 4.12. The highest BCUT2D eigenvalue weighted by Crippen LogP contribution is 2.26. The summed E-state index contributed by atoms with van der Waals surface area (Å²) in [6, 6.07) is 3.38. The van der Waals surface area contributed by atoms with Crippen LogP contribution in [0.5, 0.6) is 0 Å². The standard InChI is InChI=1S/C12H9F4NO/c1-7(18)10-5-17(6-12(14,15)16)11-3-2-8(13)4-9(10)11/h2-5H,6H2,1H3. The molecule has 0 aliphatic rings. The molecule has 6 heteroatoms. The summed E-state index contributed by atoms with van der Waals surface area (Å²) in [5, 5.41) is 0.201. The second-order valence-corrected chi connectivity index (χ2v) is 4.00. The molecule has 0 radical (unpaired) electrons. The van der Waals surface area contributed by atoms with Gasteiger partial charge in [0.2, 0.25) is 0 Å². The van der Waals surface area contributed by atoms with Crippen LogP contribution in [0.2, 0.25) is 0 Å². The molecule has 1 heterocycles. The van der Waals surface area contributed by atoms with Gasteiger partial charge in [-0.25, -0.2) is 4.39 Å². The Hall–Kier alpha value is -1.85. The van der Waals surface area contributed by atoms with Crippen molar-refractivity contribution in [3.05, 3.63) is 35.8 Å². The Morgan fingerprint density at radius 2 is 2.00 bits per heavy atom. The summed E-state index contributed by atoms with van der Waals surface area (Å²) < 4.78 is 51.1. The number of fused-ring (bicyclic) bond motifs is 1. The summed E-state index contributed by atoms with van der Waals surface area (Å²) >= 11 is 0. The predicted molar refractivity (Wildman–Crippen MR) is 58.0 cm³/mol. The number of nitrogens with zero attached hydrogens (tertiary/aromatic N) is 1. The molecule has 96 valence electrons. The van der Waals surface area contributed by atoms with E-state index in [1.165, 1.54) is 13.0 Å². The van der Waals surface area contributed by atoms with Gasteiger partial charge in [-0.1, -0.05) is 0 Å². The first-order valence-corrected chi connectivity index (χ1v) is 5.14. The van der Waals surface area contributed by atoms with Gasteiger partial charge in [-0.3, -0.25) is 4.79 Å². The average Bonchev–Trinajstić information content (AvgIpc) is 2.54. The highest BCUT2D eigenvalue weighted by molar-refractivity contribution is 6.06. The summed E-state index contributed by atoms with van der Waals surface area (Å²) in [6.07, 6.45) is -3.28. The molecular weight excluding hydrogens is 250 g/mol. The van der Waals surface area contributed by atoms with Gasteiger partial charge in [0.15, 0.2) is 5.78 Å². The lowest BCUT2D eigenvalue weighted by Gasteiger charge is -2.08. The van der Waals surface area contributed by atoms with Gasteiger partial charge in [-0.05, 0) is 25.1 Å². The van der Waals surface area contributed by atoms with Crippen molar-refractivity contribution in [2.45, 2.75) is 19.6 Å². The van der Waals surface area contributed by atoms with Crippen LogP contribution in [0.1, 0.15) is 17.3 Å². The van der Waals surface area contributed by atoms with Crippen molar-refractivity contribution in [1.82, 2.24) is 4.57 Å². The van der Waals surface area contributed by atoms with E-state index in [-0.39, 0.29) is 16.5 Å². The third-order valence-electron chi connectivity index (χ3n) is 2.57. The maximum Gasteiger partial charge on any atom is 0.406 e. The molecule has 0 saturated carbocycles. The molecule has 0 fully saturated rings. The predicted octanol–water partition coefficient (Wildman–Crippen LogP) is 3.55. The number of halogens is 4. The van der Waals surface area contributed by atoms with Crippen LogP contribution in [0.15, 0.2) is 24.4 Å². The van der Waals surface area contributed by atoms with Crippen LogP contribution < -0.4 is 0 Å². The Morgan fingerprint density at radius 3 is 2.56 bits per heavy atom. The molecule has 0 spiro atoms. The monoisotopic (exact) mass is 259 g/mol. The van der Waals surface area contributed by atoms with E-state index < -0.39 is 24.3 Å². The zero-order valence-corrected chi connectivity index (χ0v) is 9.38. The number of carbonyl (C=O) groups excluding carboxylic acids is 1. The highest BCUT2D eigenvalue weighted by atomic mass is 19.4. The number of Topliss-reactive ketones (excluding diaryl/α,β-unsaturated/α-hetero) is 1. The van der Waals surface area contributed by atoms with Gasteiger partial charge in [0.25, 0.3) is 0 Å². The molecule has 2 aromatic rings. The van der Waals surface area contributed by atoms with Crippen LogP contribution in [0, 0.1) is 5.82 Å². The molecule has 1 aromatic carbocycles. The Balaban J connectivity index is 2.65. The summed E-state index contributed by atoms with van der Waals surface area (Å²) in [5.41, 5.74) is 0.285. The van der Waals surface area contributed by atoms with Gasteiger partial charge in [0, 0.05) is 22.7 Å². The minimum atomic E-state index is -4.39. The summed E-state index contributed by atoms with van der Waals surface area (Å²) in [5.74, 6) is -0.985. The maximum absolute atomic E-state index is 13.1. The van der Waals surface area contributed by atoms with Crippen molar-refractivity contribution in [2.24, 2.45) is 0 Å². The first-order chi connectivity index (χ1) is 8.28. The topological polar surface area (TPSA) is 22.0 Å². The number of ketones is 1. The highest BCUT2D eigenvalue weighted by Gasteiger charge is 2.29. The smallest absolute Gasteiger partial charge is 0.338 e. The zero-order chi connectivity index (χ0) is 13.5. The molecule has 18 heavy (non-hydrogen) atoms. The first-order valence-electron chi connectivity index (χ1n) is 5.14. The number of alkyl halides is 3. The lowest BCUT2D eigenvalue weighted by atomic mass is 10.1. The Morgan fingerprint density at radius 1 is 1.33 bits per heavy atom. The van der Waals surface area contributed by atoms with Crippen LogP contribution in [0.25, 0.3) is 10.9 Å². The molecule has 0 N–H and O–H groups in total.